The van der Waals surface area contributed by atoms with Crippen LogP contribution in [0.4, 0.5) is 0 Å². The molecule has 0 saturated carbocycles. The van der Waals surface area contributed by atoms with E-state index in [0.29, 0.717) is 12.3 Å². The van der Waals surface area contributed by atoms with Gasteiger partial charge in [0, 0.05) is 18.3 Å². The first kappa shape index (κ1) is 12.7. The smallest absolute Gasteiger partial charge is 0.323 e. The van der Waals surface area contributed by atoms with E-state index in [1.54, 1.807) is 12.5 Å². The van der Waals surface area contributed by atoms with Crippen LogP contribution in [0.5, 0.6) is 0 Å². The first-order valence-electron chi connectivity index (χ1n) is 5.44. The molecule has 1 rings (SSSR count). The molecule has 0 saturated heterocycles. The average molecular weight is 225 g/mol. The molecule has 0 amide bonds. The SMILES string of the molecule is CC(C)C(C)OC(=O)[C@H](N)Cc1cnc[nH]1. The molecule has 2 atom stereocenters. The molecule has 0 radical (unpaired) electrons. The standard InChI is InChI=1S/C11H19N3O2/c1-7(2)8(3)16-11(15)10(12)4-9-5-13-6-14-9/h5-8,10H,4,12H2,1-3H3,(H,13,14)/t8?,10-/m1/s1. The number of esters is 1. The molecular weight excluding hydrogens is 206 g/mol. The summed E-state index contributed by atoms with van der Waals surface area (Å²) in [6.45, 7) is 5.86. The lowest BCUT2D eigenvalue weighted by molar-refractivity contribution is -0.151. The number of aromatic amines is 1. The van der Waals surface area contributed by atoms with Gasteiger partial charge >= 0.3 is 5.97 Å². The van der Waals surface area contributed by atoms with Crippen molar-refractivity contribution in [3.8, 4) is 0 Å². The molecule has 0 bridgehead atoms. The van der Waals surface area contributed by atoms with E-state index in [1.807, 2.05) is 20.8 Å². The Labute approximate surface area is 95.4 Å². The molecule has 90 valence electrons. The van der Waals surface area contributed by atoms with E-state index in [4.69, 9.17) is 10.5 Å². The normalized spacial score (nSPS) is 14.8. The number of imidazole rings is 1. The summed E-state index contributed by atoms with van der Waals surface area (Å²) >= 11 is 0. The molecule has 5 heteroatoms. The van der Waals surface area contributed by atoms with Gasteiger partial charge in [0.25, 0.3) is 0 Å². The third-order valence-corrected chi connectivity index (χ3v) is 2.54. The highest BCUT2D eigenvalue weighted by Crippen LogP contribution is 2.07. The van der Waals surface area contributed by atoms with E-state index in [1.165, 1.54) is 0 Å². The Kier molecular flexibility index (Phi) is 4.49. The molecule has 0 fully saturated rings. The first-order valence-corrected chi connectivity index (χ1v) is 5.44. The zero-order chi connectivity index (χ0) is 12.1. The molecule has 0 aliphatic heterocycles. The molecule has 0 aliphatic carbocycles. The average Bonchev–Trinajstić information content (AvgIpc) is 2.69. The van der Waals surface area contributed by atoms with Crippen molar-refractivity contribution in [2.24, 2.45) is 11.7 Å². The predicted octanol–water partition coefficient (Wildman–Crippen LogP) is 0.867. The van der Waals surface area contributed by atoms with Gasteiger partial charge in [0.1, 0.15) is 12.1 Å². The molecule has 1 aromatic heterocycles. The highest BCUT2D eigenvalue weighted by Gasteiger charge is 2.20. The largest absolute Gasteiger partial charge is 0.461 e. The topological polar surface area (TPSA) is 81.0 Å². The number of nitrogens with one attached hydrogen (secondary N) is 1. The van der Waals surface area contributed by atoms with Gasteiger partial charge in [-0.15, -0.1) is 0 Å². The Morgan fingerprint density at radius 2 is 2.25 bits per heavy atom. The Balaban J connectivity index is 2.42. The van der Waals surface area contributed by atoms with Gasteiger partial charge in [0.05, 0.1) is 6.33 Å². The fraction of sp³-hybridized carbons (Fsp3) is 0.636. The number of ether oxygens (including phenoxy) is 1. The maximum Gasteiger partial charge on any atom is 0.323 e. The Bertz CT molecular complexity index is 322. The third-order valence-electron chi connectivity index (χ3n) is 2.54. The van der Waals surface area contributed by atoms with Crippen LogP contribution in [0.25, 0.3) is 0 Å². The van der Waals surface area contributed by atoms with E-state index in [-0.39, 0.29) is 12.1 Å². The van der Waals surface area contributed by atoms with Gasteiger partial charge in [-0.05, 0) is 12.8 Å². The Hall–Kier alpha value is -1.36. The summed E-state index contributed by atoms with van der Waals surface area (Å²) in [5, 5.41) is 0. The lowest BCUT2D eigenvalue weighted by Gasteiger charge is -2.19. The molecule has 1 heterocycles. The maximum atomic E-state index is 11.6. The van der Waals surface area contributed by atoms with Crippen molar-refractivity contribution in [2.45, 2.75) is 39.3 Å². The molecule has 16 heavy (non-hydrogen) atoms. The van der Waals surface area contributed by atoms with Crippen LogP contribution in [0, 0.1) is 5.92 Å². The van der Waals surface area contributed by atoms with Crippen LogP contribution in [0.2, 0.25) is 0 Å². The summed E-state index contributed by atoms with van der Waals surface area (Å²) in [4.78, 5) is 18.4. The minimum Gasteiger partial charge on any atom is -0.461 e. The molecule has 3 N–H and O–H groups in total. The van der Waals surface area contributed by atoms with Crippen LogP contribution in [0.3, 0.4) is 0 Å². The summed E-state index contributed by atoms with van der Waals surface area (Å²) < 4.78 is 5.22. The van der Waals surface area contributed by atoms with Gasteiger partial charge in [-0.25, -0.2) is 4.98 Å². The maximum absolute atomic E-state index is 11.6. The monoisotopic (exact) mass is 225 g/mol. The summed E-state index contributed by atoms with van der Waals surface area (Å²) in [5.74, 6) is -0.0703. The summed E-state index contributed by atoms with van der Waals surface area (Å²) in [7, 11) is 0. The van der Waals surface area contributed by atoms with Gasteiger partial charge in [0.2, 0.25) is 0 Å². The molecular formula is C11H19N3O2. The van der Waals surface area contributed by atoms with Gasteiger partial charge in [-0.3, -0.25) is 4.79 Å². The van der Waals surface area contributed by atoms with Crippen molar-refractivity contribution in [3.05, 3.63) is 18.2 Å². The summed E-state index contributed by atoms with van der Waals surface area (Å²) in [6.07, 6.45) is 3.52. The highest BCUT2D eigenvalue weighted by atomic mass is 16.5. The van der Waals surface area contributed by atoms with Gasteiger partial charge in [0.15, 0.2) is 0 Å². The number of carbonyl (C=O) groups excluding carboxylic acids is 1. The van der Waals surface area contributed by atoms with E-state index in [9.17, 15) is 4.79 Å². The van der Waals surface area contributed by atoms with Gasteiger partial charge in [-0.1, -0.05) is 13.8 Å². The van der Waals surface area contributed by atoms with Gasteiger partial charge < -0.3 is 15.5 Å². The minimum absolute atomic E-state index is 0.111. The van der Waals surface area contributed by atoms with Crippen LogP contribution >= 0.6 is 0 Å². The van der Waals surface area contributed by atoms with Crippen LogP contribution in [0.15, 0.2) is 12.5 Å². The van der Waals surface area contributed by atoms with E-state index in [0.717, 1.165) is 5.69 Å². The van der Waals surface area contributed by atoms with Gasteiger partial charge in [-0.2, -0.15) is 0 Å². The number of hydrogen-bond acceptors (Lipinski definition) is 4. The van der Waals surface area contributed by atoms with E-state index >= 15 is 0 Å². The van der Waals surface area contributed by atoms with E-state index in [2.05, 4.69) is 9.97 Å². The molecule has 1 aromatic rings. The van der Waals surface area contributed by atoms with Crippen LogP contribution in [-0.2, 0) is 16.0 Å². The van der Waals surface area contributed by atoms with Crippen molar-refractivity contribution in [1.29, 1.82) is 0 Å². The first-order chi connectivity index (χ1) is 7.50. The fourth-order valence-electron chi connectivity index (χ4n) is 1.12. The van der Waals surface area contributed by atoms with Crippen molar-refractivity contribution >= 4 is 5.97 Å². The second-order valence-electron chi connectivity index (χ2n) is 4.27. The Morgan fingerprint density at radius 1 is 1.56 bits per heavy atom. The van der Waals surface area contributed by atoms with Crippen molar-refractivity contribution in [2.75, 3.05) is 0 Å². The fourth-order valence-corrected chi connectivity index (χ4v) is 1.12. The second-order valence-corrected chi connectivity index (χ2v) is 4.27. The highest BCUT2D eigenvalue weighted by molar-refractivity contribution is 5.75. The minimum atomic E-state index is -0.637. The molecule has 0 spiro atoms. The number of hydrogen-bond donors (Lipinski definition) is 2. The molecule has 0 aromatic carbocycles. The lowest BCUT2D eigenvalue weighted by atomic mass is 10.1. The van der Waals surface area contributed by atoms with Crippen molar-refractivity contribution in [1.82, 2.24) is 9.97 Å². The summed E-state index contributed by atoms with van der Waals surface area (Å²) in [5.41, 5.74) is 6.57. The number of rotatable bonds is 5. The number of H-pyrrole nitrogens is 1. The van der Waals surface area contributed by atoms with E-state index < -0.39 is 6.04 Å². The molecule has 5 nitrogen and oxygen atoms in total. The van der Waals surface area contributed by atoms with Crippen LogP contribution < -0.4 is 5.73 Å². The lowest BCUT2D eigenvalue weighted by Crippen LogP contribution is -2.37. The number of nitrogens with two attached hydrogens (primary N) is 1. The number of carbonyl (C=O) groups is 1. The summed E-state index contributed by atoms with van der Waals surface area (Å²) in [6, 6.07) is -0.637. The number of nitrogens with zero attached hydrogens (tertiary/aromatic N) is 1. The predicted molar refractivity (Wildman–Crippen MR) is 60.7 cm³/mol. The Morgan fingerprint density at radius 3 is 2.75 bits per heavy atom. The van der Waals surface area contributed by atoms with Crippen LogP contribution in [0.1, 0.15) is 26.5 Å². The molecule has 0 aliphatic rings. The second kappa shape index (κ2) is 5.65. The quantitative estimate of drug-likeness (QED) is 0.728. The van der Waals surface area contributed by atoms with Crippen LogP contribution in [-0.4, -0.2) is 28.1 Å². The zero-order valence-corrected chi connectivity index (χ0v) is 9.93. The van der Waals surface area contributed by atoms with Crippen molar-refractivity contribution in [3.63, 3.8) is 0 Å². The third kappa shape index (κ3) is 3.66. The number of aromatic nitrogens is 2. The zero-order valence-electron chi connectivity index (χ0n) is 9.93. The molecule has 1 unspecified atom stereocenters. The van der Waals surface area contributed by atoms with Crippen molar-refractivity contribution < 1.29 is 9.53 Å².